The molecule has 0 spiro atoms. The summed E-state index contributed by atoms with van der Waals surface area (Å²) in [5.41, 5.74) is 2.53. The highest BCUT2D eigenvalue weighted by molar-refractivity contribution is 7.93. The Morgan fingerprint density at radius 2 is 1.50 bits per heavy atom. The average Bonchev–Trinajstić information content (AvgIpc) is 2.74. The third-order valence-corrected chi connectivity index (χ3v) is 8.05. The lowest BCUT2D eigenvalue weighted by molar-refractivity contribution is 0.586. The molecule has 0 amide bonds. The van der Waals surface area contributed by atoms with Gasteiger partial charge in [0, 0.05) is 12.2 Å². The summed E-state index contributed by atoms with van der Waals surface area (Å²) in [6.45, 7) is 0.392. The lowest BCUT2D eigenvalue weighted by Gasteiger charge is -2.31. The molecule has 0 saturated heterocycles. The quantitative estimate of drug-likeness (QED) is 0.630. The van der Waals surface area contributed by atoms with Gasteiger partial charge in [-0.3, -0.25) is 9.03 Å². The molecule has 30 heavy (non-hydrogen) atoms. The number of nitrogens with zero attached hydrogens (tertiary/aromatic N) is 1. The monoisotopic (exact) mass is 442 g/mol. The fraction of sp³-hybridized carbons (Fsp3) is 0.182. The van der Waals surface area contributed by atoms with E-state index in [0.717, 1.165) is 5.56 Å². The van der Waals surface area contributed by atoms with Crippen molar-refractivity contribution in [2.45, 2.75) is 23.5 Å². The largest absolute Gasteiger partial charge is 0.283 e. The number of sulfonamides is 2. The molecule has 3 aromatic carbocycles. The van der Waals surface area contributed by atoms with E-state index in [1.54, 1.807) is 72.8 Å². The molecule has 6 nitrogen and oxygen atoms in total. The molecule has 0 aliphatic carbocycles. The van der Waals surface area contributed by atoms with E-state index in [4.69, 9.17) is 0 Å². The predicted octanol–water partition coefficient (Wildman–Crippen LogP) is 3.77. The van der Waals surface area contributed by atoms with Gasteiger partial charge >= 0.3 is 0 Å². The minimum atomic E-state index is -3.67. The SMILES string of the molecule is O=S(=O)(Cc1ccccc1)Nc1ccc2c(c1)CCCN2S(=O)(=O)c1ccccc1. The fourth-order valence-electron chi connectivity index (χ4n) is 3.60. The van der Waals surface area contributed by atoms with Crippen LogP contribution in [0.5, 0.6) is 0 Å². The highest BCUT2D eigenvalue weighted by Crippen LogP contribution is 2.34. The van der Waals surface area contributed by atoms with Gasteiger partial charge < -0.3 is 0 Å². The molecule has 0 aromatic heterocycles. The summed E-state index contributed by atoms with van der Waals surface area (Å²) in [5, 5.41) is 0. The molecular formula is C22H22N2O4S2. The van der Waals surface area contributed by atoms with Gasteiger partial charge in [-0.2, -0.15) is 0 Å². The molecule has 1 heterocycles. The standard InChI is InChI=1S/C22H22N2O4S2/c25-29(26,17-18-8-3-1-4-9-18)23-20-13-14-22-19(16-20)10-7-15-24(22)30(27,28)21-11-5-2-6-12-21/h1-6,8-9,11-14,16,23H,7,10,15,17H2. The second kappa shape index (κ2) is 8.12. The van der Waals surface area contributed by atoms with E-state index in [9.17, 15) is 16.8 Å². The maximum atomic E-state index is 13.1. The number of fused-ring (bicyclic) bond motifs is 1. The first kappa shape index (κ1) is 20.4. The number of nitrogens with one attached hydrogen (secondary N) is 1. The van der Waals surface area contributed by atoms with Gasteiger partial charge in [0.2, 0.25) is 10.0 Å². The van der Waals surface area contributed by atoms with E-state index in [1.165, 1.54) is 4.31 Å². The van der Waals surface area contributed by atoms with Gasteiger partial charge in [0.05, 0.1) is 16.3 Å². The summed E-state index contributed by atoms with van der Waals surface area (Å²) >= 11 is 0. The van der Waals surface area contributed by atoms with Crippen LogP contribution in [0.3, 0.4) is 0 Å². The van der Waals surface area contributed by atoms with Crippen molar-refractivity contribution in [2.75, 3.05) is 15.6 Å². The van der Waals surface area contributed by atoms with Crippen LogP contribution in [0.15, 0.2) is 83.8 Å². The number of aryl methyl sites for hydroxylation is 1. The van der Waals surface area contributed by atoms with E-state index in [0.29, 0.717) is 36.3 Å². The summed E-state index contributed by atoms with van der Waals surface area (Å²) in [6, 6.07) is 22.3. The van der Waals surface area contributed by atoms with Crippen LogP contribution in [0.2, 0.25) is 0 Å². The normalized spacial score (nSPS) is 14.2. The second-order valence-electron chi connectivity index (χ2n) is 7.18. The van der Waals surface area contributed by atoms with Crippen LogP contribution in [0.1, 0.15) is 17.5 Å². The molecule has 1 N–H and O–H groups in total. The van der Waals surface area contributed by atoms with Crippen molar-refractivity contribution in [3.8, 4) is 0 Å². The van der Waals surface area contributed by atoms with Gasteiger partial charge in [-0.15, -0.1) is 0 Å². The second-order valence-corrected chi connectivity index (χ2v) is 10.8. The van der Waals surface area contributed by atoms with Crippen LogP contribution in [-0.4, -0.2) is 23.4 Å². The summed E-state index contributed by atoms with van der Waals surface area (Å²) in [6.07, 6.45) is 1.35. The Bertz CT molecular complexity index is 1240. The maximum Gasteiger partial charge on any atom is 0.264 e. The Hall–Kier alpha value is -2.84. The Labute approximate surface area is 177 Å². The molecule has 0 bridgehead atoms. The van der Waals surface area contributed by atoms with E-state index < -0.39 is 20.0 Å². The summed E-state index contributed by atoms with van der Waals surface area (Å²) in [7, 11) is -7.25. The van der Waals surface area contributed by atoms with E-state index in [1.807, 2.05) is 6.07 Å². The Morgan fingerprint density at radius 3 is 2.20 bits per heavy atom. The fourth-order valence-corrected chi connectivity index (χ4v) is 6.36. The average molecular weight is 443 g/mol. The van der Waals surface area contributed by atoms with Crippen LogP contribution in [0.25, 0.3) is 0 Å². The Balaban J connectivity index is 1.59. The van der Waals surface area contributed by atoms with Gasteiger partial charge in [-0.05, 0) is 54.3 Å². The number of hydrogen-bond acceptors (Lipinski definition) is 4. The highest BCUT2D eigenvalue weighted by atomic mass is 32.2. The van der Waals surface area contributed by atoms with Gasteiger partial charge in [0.1, 0.15) is 0 Å². The summed E-state index contributed by atoms with van der Waals surface area (Å²) in [5.74, 6) is -0.126. The van der Waals surface area contributed by atoms with Gasteiger partial charge in [0.25, 0.3) is 10.0 Å². The highest BCUT2D eigenvalue weighted by Gasteiger charge is 2.29. The van der Waals surface area contributed by atoms with Crippen LogP contribution in [-0.2, 0) is 32.2 Å². The topological polar surface area (TPSA) is 83.6 Å². The van der Waals surface area contributed by atoms with E-state index >= 15 is 0 Å². The van der Waals surface area contributed by atoms with Crippen molar-refractivity contribution in [3.05, 3.63) is 90.0 Å². The van der Waals surface area contributed by atoms with Crippen LogP contribution < -0.4 is 9.03 Å². The minimum absolute atomic E-state index is 0.126. The van der Waals surface area contributed by atoms with Crippen molar-refractivity contribution >= 4 is 31.4 Å². The predicted molar refractivity (Wildman–Crippen MR) is 118 cm³/mol. The summed E-state index contributed by atoms with van der Waals surface area (Å²) in [4.78, 5) is 0.241. The zero-order valence-corrected chi connectivity index (χ0v) is 17.9. The van der Waals surface area contributed by atoms with Crippen LogP contribution >= 0.6 is 0 Å². The minimum Gasteiger partial charge on any atom is -0.283 e. The molecule has 1 aliphatic heterocycles. The van der Waals surface area contributed by atoms with E-state index in [2.05, 4.69) is 4.72 Å². The number of rotatable bonds is 6. The molecule has 0 unspecified atom stereocenters. The van der Waals surface area contributed by atoms with E-state index in [-0.39, 0.29) is 10.6 Å². The molecule has 0 atom stereocenters. The van der Waals surface area contributed by atoms with Crippen LogP contribution in [0, 0.1) is 0 Å². The van der Waals surface area contributed by atoms with Crippen molar-refractivity contribution in [1.82, 2.24) is 0 Å². The van der Waals surface area contributed by atoms with Crippen LogP contribution in [0.4, 0.5) is 11.4 Å². The molecule has 0 radical (unpaired) electrons. The third-order valence-electron chi connectivity index (χ3n) is 4.96. The number of hydrogen-bond donors (Lipinski definition) is 1. The van der Waals surface area contributed by atoms with Gasteiger partial charge in [0.15, 0.2) is 0 Å². The molecule has 4 rings (SSSR count). The van der Waals surface area contributed by atoms with Gasteiger partial charge in [-0.1, -0.05) is 48.5 Å². The van der Waals surface area contributed by atoms with Crippen molar-refractivity contribution in [1.29, 1.82) is 0 Å². The molecular weight excluding hydrogens is 420 g/mol. The third kappa shape index (κ3) is 4.34. The smallest absolute Gasteiger partial charge is 0.264 e. The zero-order chi connectivity index (χ0) is 21.2. The van der Waals surface area contributed by atoms with Gasteiger partial charge in [-0.25, -0.2) is 16.8 Å². The first-order valence-electron chi connectivity index (χ1n) is 9.60. The number of anilines is 2. The Kier molecular flexibility index (Phi) is 5.53. The number of benzene rings is 3. The molecule has 8 heteroatoms. The molecule has 0 fully saturated rings. The molecule has 1 aliphatic rings. The van der Waals surface area contributed by atoms with Crippen molar-refractivity contribution < 1.29 is 16.8 Å². The summed E-state index contributed by atoms with van der Waals surface area (Å²) < 4.78 is 55.2. The maximum absolute atomic E-state index is 13.1. The first-order chi connectivity index (χ1) is 14.4. The molecule has 3 aromatic rings. The zero-order valence-electron chi connectivity index (χ0n) is 16.2. The lowest BCUT2D eigenvalue weighted by atomic mass is 10.0. The van der Waals surface area contributed by atoms with Crippen molar-refractivity contribution in [2.24, 2.45) is 0 Å². The molecule has 0 saturated carbocycles. The first-order valence-corrected chi connectivity index (χ1v) is 12.7. The van der Waals surface area contributed by atoms with Crippen molar-refractivity contribution in [3.63, 3.8) is 0 Å². The Morgan fingerprint density at radius 1 is 0.833 bits per heavy atom. The lowest BCUT2D eigenvalue weighted by Crippen LogP contribution is -2.35. The molecule has 156 valence electrons.